The number of ether oxygens (including phenoxy) is 2. The van der Waals surface area contributed by atoms with Crippen molar-refractivity contribution in [2.45, 2.75) is 13.8 Å². The number of hydrazone groups is 1. The third kappa shape index (κ3) is 7.39. The average Bonchev–Trinajstić information content (AvgIpc) is 2.95. The molecule has 0 aliphatic carbocycles. The molecule has 0 fully saturated rings. The molecule has 8 nitrogen and oxygen atoms in total. The van der Waals surface area contributed by atoms with E-state index in [4.69, 9.17) is 9.47 Å². The third-order valence-corrected chi connectivity index (χ3v) is 5.52. The Morgan fingerprint density at radius 1 is 0.769 bits per heavy atom. The Bertz CT molecular complexity index is 1520. The Hall–Kier alpha value is -5.24. The van der Waals surface area contributed by atoms with E-state index in [1.807, 2.05) is 26.0 Å². The maximum Gasteiger partial charge on any atom is 0.343 e. The van der Waals surface area contributed by atoms with E-state index in [9.17, 15) is 14.4 Å². The molecule has 196 valence electrons. The van der Waals surface area contributed by atoms with Crippen LogP contribution in [0.3, 0.4) is 0 Å². The number of aryl methyl sites for hydroxylation is 1. The number of carbonyl (C=O) groups excluding carboxylic acids is 3. The monoisotopic (exact) mass is 521 g/mol. The van der Waals surface area contributed by atoms with Gasteiger partial charge in [0.2, 0.25) is 0 Å². The Balaban J connectivity index is 1.40. The highest BCUT2D eigenvalue weighted by atomic mass is 16.6. The molecule has 0 saturated heterocycles. The van der Waals surface area contributed by atoms with Crippen LogP contribution in [0, 0.1) is 6.92 Å². The molecule has 0 radical (unpaired) electrons. The summed E-state index contributed by atoms with van der Waals surface area (Å²) in [5.41, 5.74) is 5.81. The summed E-state index contributed by atoms with van der Waals surface area (Å²) >= 11 is 0. The van der Waals surface area contributed by atoms with E-state index in [-0.39, 0.29) is 11.7 Å². The highest BCUT2D eigenvalue weighted by Crippen LogP contribution is 2.29. The molecule has 0 unspecified atom stereocenters. The summed E-state index contributed by atoms with van der Waals surface area (Å²) in [6.45, 7) is 4.09. The van der Waals surface area contributed by atoms with Crippen LogP contribution >= 0.6 is 0 Å². The Labute approximate surface area is 226 Å². The molecule has 0 aromatic heterocycles. The first-order valence-electron chi connectivity index (χ1n) is 12.3. The van der Waals surface area contributed by atoms with Crippen LogP contribution in [0.4, 0.5) is 5.69 Å². The zero-order valence-electron chi connectivity index (χ0n) is 21.5. The predicted molar refractivity (Wildman–Crippen MR) is 150 cm³/mol. The first-order chi connectivity index (χ1) is 18.9. The Morgan fingerprint density at radius 3 is 2.28 bits per heavy atom. The van der Waals surface area contributed by atoms with Gasteiger partial charge in [-0.3, -0.25) is 9.59 Å². The average molecular weight is 522 g/mol. The molecular formula is C31H27N3O5. The maximum absolute atomic E-state index is 12.6. The number of anilines is 1. The molecule has 0 aliphatic heterocycles. The number of nitrogens with zero attached hydrogens (tertiary/aromatic N) is 1. The molecule has 39 heavy (non-hydrogen) atoms. The number of nitrogens with one attached hydrogen (secondary N) is 2. The quantitative estimate of drug-likeness (QED) is 0.129. The largest absolute Gasteiger partial charge is 0.490 e. The minimum Gasteiger partial charge on any atom is -0.490 e. The van der Waals surface area contributed by atoms with Crippen LogP contribution in [-0.2, 0) is 0 Å². The number of benzene rings is 4. The first-order valence-corrected chi connectivity index (χ1v) is 12.3. The van der Waals surface area contributed by atoms with Gasteiger partial charge in [0.25, 0.3) is 11.8 Å². The molecular weight excluding hydrogens is 494 g/mol. The minimum atomic E-state index is -0.490. The van der Waals surface area contributed by atoms with Crippen molar-refractivity contribution in [1.82, 2.24) is 5.43 Å². The highest BCUT2D eigenvalue weighted by Gasteiger charge is 2.14. The first kappa shape index (κ1) is 26.8. The normalized spacial score (nSPS) is 10.6. The lowest BCUT2D eigenvalue weighted by atomic mass is 10.1. The van der Waals surface area contributed by atoms with Gasteiger partial charge in [0.1, 0.15) is 0 Å². The van der Waals surface area contributed by atoms with Crippen LogP contribution in [0.15, 0.2) is 102 Å². The van der Waals surface area contributed by atoms with Gasteiger partial charge in [0, 0.05) is 16.8 Å². The van der Waals surface area contributed by atoms with Crippen LogP contribution in [0.25, 0.3) is 0 Å². The SMILES string of the molecule is CCOc1cc(C=NNC(=O)c2cccc(NC(=O)c3ccccc3)c2)ccc1OC(=O)c1cccc(C)c1. The fourth-order valence-electron chi connectivity index (χ4n) is 3.65. The third-order valence-electron chi connectivity index (χ3n) is 5.52. The van der Waals surface area contributed by atoms with Gasteiger partial charge in [-0.2, -0.15) is 5.10 Å². The van der Waals surface area contributed by atoms with Gasteiger partial charge >= 0.3 is 5.97 Å². The van der Waals surface area contributed by atoms with E-state index in [1.54, 1.807) is 84.9 Å². The second-order valence-corrected chi connectivity index (χ2v) is 8.50. The van der Waals surface area contributed by atoms with Crippen molar-refractivity contribution in [2.24, 2.45) is 5.10 Å². The summed E-state index contributed by atoms with van der Waals surface area (Å²) < 4.78 is 11.2. The van der Waals surface area contributed by atoms with Crippen molar-refractivity contribution < 1.29 is 23.9 Å². The van der Waals surface area contributed by atoms with Crippen LogP contribution in [0.1, 0.15) is 49.1 Å². The summed E-state index contributed by atoms with van der Waals surface area (Å²) in [5, 5.41) is 6.81. The molecule has 4 rings (SSSR count). The number of rotatable bonds is 9. The maximum atomic E-state index is 12.6. The van der Waals surface area contributed by atoms with E-state index < -0.39 is 11.9 Å². The molecule has 8 heteroatoms. The van der Waals surface area contributed by atoms with Gasteiger partial charge in [-0.25, -0.2) is 10.2 Å². The molecule has 0 heterocycles. The topological polar surface area (TPSA) is 106 Å². The zero-order valence-corrected chi connectivity index (χ0v) is 21.5. The van der Waals surface area contributed by atoms with E-state index in [0.717, 1.165) is 5.56 Å². The van der Waals surface area contributed by atoms with Crippen LogP contribution in [0.5, 0.6) is 11.5 Å². The van der Waals surface area contributed by atoms with Crippen molar-refractivity contribution in [3.8, 4) is 11.5 Å². The van der Waals surface area contributed by atoms with Crippen molar-refractivity contribution in [1.29, 1.82) is 0 Å². The fraction of sp³-hybridized carbons (Fsp3) is 0.0968. The summed E-state index contributed by atoms with van der Waals surface area (Å²) in [6, 6.07) is 27.4. The molecule has 0 spiro atoms. The molecule has 0 bridgehead atoms. The standard InChI is InChI=1S/C31H27N3O5/c1-3-38-28-18-22(15-16-27(28)39-31(37)25-13-7-9-21(2)17-25)20-32-34-30(36)24-12-8-14-26(19-24)33-29(35)23-10-5-4-6-11-23/h4-20H,3H2,1-2H3,(H,33,35)(H,34,36). The number of hydrogen-bond acceptors (Lipinski definition) is 6. The van der Waals surface area contributed by atoms with E-state index >= 15 is 0 Å². The summed E-state index contributed by atoms with van der Waals surface area (Å²) in [6.07, 6.45) is 1.45. The lowest BCUT2D eigenvalue weighted by molar-refractivity contribution is 0.0727. The molecule has 0 atom stereocenters. The lowest BCUT2D eigenvalue weighted by Gasteiger charge is -2.11. The van der Waals surface area contributed by atoms with Gasteiger partial charge in [-0.15, -0.1) is 0 Å². The number of carbonyl (C=O) groups is 3. The fourth-order valence-corrected chi connectivity index (χ4v) is 3.65. The molecule has 2 amide bonds. The second kappa shape index (κ2) is 12.8. The second-order valence-electron chi connectivity index (χ2n) is 8.50. The summed E-state index contributed by atoms with van der Waals surface area (Å²) in [5.74, 6) is -0.565. The minimum absolute atomic E-state index is 0.274. The van der Waals surface area contributed by atoms with Gasteiger partial charge < -0.3 is 14.8 Å². The molecule has 4 aromatic carbocycles. The van der Waals surface area contributed by atoms with Gasteiger partial charge in [0.05, 0.1) is 18.4 Å². The van der Waals surface area contributed by atoms with Crippen LogP contribution < -0.4 is 20.2 Å². The number of esters is 1. The Morgan fingerprint density at radius 2 is 1.51 bits per heavy atom. The van der Waals surface area contributed by atoms with Gasteiger partial charge in [0.15, 0.2) is 11.5 Å². The smallest absolute Gasteiger partial charge is 0.343 e. The lowest BCUT2D eigenvalue weighted by Crippen LogP contribution is -2.18. The zero-order chi connectivity index (χ0) is 27.6. The summed E-state index contributed by atoms with van der Waals surface area (Å²) in [4.78, 5) is 37.6. The van der Waals surface area contributed by atoms with Crippen molar-refractivity contribution in [2.75, 3.05) is 11.9 Å². The van der Waals surface area contributed by atoms with Gasteiger partial charge in [-0.1, -0.05) is 42.0 Å². The van der Waals surface area contributed by atoms with Crippen molar-refractivity contribution in [3.05, 3.63) is 125 Å². The molecule has 4 aromatic rings. The predicted octanol–water partition coefficient (Wildman–Crippen LogP) is 5.63. The van der Waals surface area contributed by atoms with Crippen LogP contribution in [-0.4, -0.2) is 30.6 Å². The highest BCUT2D eigenvalue weighted by molar-refractivity contribution is 6.05. The van der Waals surface area contributed by atoms with Crippen LogP contribution in [0.2, 0.25) is 0 Å². The van der Waals surface area contributed by atoms with E-state index in [2.05, 4.69) is 15.8 Å². The van der Waals surface area contributed by atoms with E-state index in [0.29, 0.717) is 40.3 Å². The number of amides is 2. The van der Waals surface area contributed by atoms with Gasteiger partial charge in [-0.05, 0) is 80.1 Å². The Kier molecular flexibility index (Phi) is 8.82. The summed E-state index contributed by atoms with van der Waals surface area (Å²) in [7, 11) is 0. The van der Waals surface area contributed by atoms with E-state index in [1.165, 1.54) is 6.21 Å². The molecule has 2 N–H and O–H groups in total. The molecule has 0 aliphatic rings. The molecule has 0 saturated carbocycles. The number of hydrogen-bond donors (Lipinski definition) is 2. The van der Waals surface area contributed by atoms with Crippen molar-refractivity contribution in [3.63, 3.8) is 0 Å². The van der Waals surface area contributed by atoms with Crippen molar-refractivity contribution >= 4 is 29.7 Å².